The van der Waals surface area contributed by atoms with Gasteiger partial charge in [-0.05, 0) is 31.2 Å². The van der Waals surface area contributed by atoms with Crippen molar-refractivity contribution >= 4 is 12.0 Å². The summed E-state index contributed by atoms with van der Waals surface area (Å²) >= 11 is 0. The van der Waals surface area contributed by atoms with Gasteiger partial charge in [0.1, 0.15) is 17.2 Å². The zero-order chi connectivity index (χ0) is 17.8. The molecule has 0 spiro atoms. The summed E-state index contributed by atoms with van der Waals surface area (Å²) in [4.78, 5) is 8.66. The third kappa shape index (κ3) is 3.84. The van der Waals surface area contributed by atoms with Gasteiger partial charge in [-0.3, -0.25) is 5.43 Å². The van der Waals surface area contributed by atoms with E-state index in [1.165, 1.54) is 24.4 Å². The van der Waals surface area contributed by atoms with Crippen LogP contribution in [0.15, 0.2) is 53.6 Å². The molecule has 4 N–H and O–H groups in total. The van der Waals surface area contributed by atoms with E-state index >= 15 is 0 Å². The highest BCUT2D eigenvalue weighted by Crippen LogP contribution is 2.27. The van der Waals surface area contributed by atoms with Crippen LogP contribution in [0, 0.1) is 6.92 Å². The summed E-state index contributed by atoms with van der Waals surface area (Å²) < 4.78 is 0. The maximum atomic E-state index is 9.95. The van der Waals surface area contributed by atoms with E-state index in [-0.39, 0.29) is 17.2 Å². The lowest BCUT2D eigenvalue weighted by atomic mass is 10.2. The van der Waals surface area contributed by atoms with Crippen molar-refractivity contribution in [2.75, 3.05) is 5.43 Å². The van der Waals surface area contributed by atoms with Crippen LogP contribution in [0.5, 0.6) is 17.2 Å². The Morgan fingerprint density at radius 3 is 2.52 bits per heavy atom. The van der Waals surface area contributed by atoms with Crippen molar-refractivity contribution in [2.45, 2.75) is 6.92 Å². The largest absolute Gasteiger partial charge is 0.508 e. The molecule has 0 aliphatic carbocycles. The van der Waals surface area contributed by atoms with Crippen LogP contribution in [0.25, 0.3) is 11.4 Å². The second-order valence-electron chi connectivity index (χ2n) is 5.35. The highest BCUT2D eigenvalue weighted by atomic mass is 16.3. The molecule has 1 aromatic heterocycles. The smallest absolute Gasteiger partial charge is 0.165 e. The molecule has 0 saturated heterocycles. The Hall–Kier alpha value is -3.61. The van der Waals surface area contributed by atoms with Crippen LogP contribution in [0.2, 0.25) is 0 Å². The van der Waals surface area contributed by atoms with E-state index in [4.69, 9.17) is 0 Å². The fraction of sp³-hybridized carbons (Fsp3) is 0.0556. The number of hydrogen-bond donors (Lipinski definition) is 4. The molecule has 0 atom stereocenters. The number of rotatable bonds is 4. The summed E-state index contributed by atoms with van der Waals surface area (Å²) in [6.45, 7) is 1.81. The Kier molecular flexibility index (Phi) is 4.47. The first-order valence-corrected chi connectivity index (χ1v) is 7.48. The number of hydrazone groups is 1. The second-order valence-corrected chi connectivity index (χ2v) is 5.35. The van der Waals surface area contributed by atoms with Crippen LogP contribution in [-0.4, -0.2) is 31.5 Å². The Labute approximate surface area is 144 Å². The van der Waals surface area contributed by atoms with Gasteiger partial charge in [0.15, 0.2) is 11.6 Å². The van der Waals surface area contributed by atoms with E-state index in [0.29, 0.717) is 28.5 Å². The molecule has 3 rings (SSSR count). The molecule has 2 aromatic carbocycles. The molecule has 1 heterocycles. The lowest BCUT2D eigenvalue weighted by Gasteiger charge is -2.07. The third-order valence-electron chi connectivity index (χ3n) is 3.40. The number of aromatic hydroxyl groups is 3. The predicted molar refractivity (Wildman–Crippen MR) is 94.9 cm³/mol. The number of aromatic nitrogens is 2. The van der Waals surface area contributed by atoms with Gasteiger partial charge in [0.2, 0.25) is 0 Å². The lowest BCUT2D eigenvalue weighted by Crippen LogP contribution is -1.99. The molecule has 0 aliphatic rings. The predicted octanol–water partition coefficient (Wildman–Crippen LogP) is 3.01. The summed E-state index contributed by atoms with van der Waals surface area (Å²) in [5, 5.41) is 33.0. The molecule has 0 unspecified atom stereocenters. The van der Waals surface area contributed by atoms with E-state index in [9.17, 15) is 15.3 Å². The number of phenols is 3. The van der Waals surface area contributed by atoms with Gasteiger partial charge in [-0.2, -0.15) is 5.10 Å². The first-order valence-electron chi connectivity index (χ1n) is 7.48. The quantitative estimate of drug-likeness (QED) is 0.430. The maximum Gasteiger partial charge on any atom is 0.165 e. The monoisotopic (exact) mass is 336 g/mol. The van der Waals surface area contributed by atoms with Crippen LogP contribution in [0.4, 0.5) is 5.82 Å². The average molecular weight is 336 g/mol. The highest BCUT2D eigenvalue weighted by molar-refractivity contribution is 5.84. The highest BCUT2D eigenvalue weighted by Gasteiger charge is 2.08. The van der Waals surface area contributed by atoms with Gasteiger partial charge in [0.05, 0.1) is 11.8 Å². The van der Waals surface area contributed by atoms with Crippen molar-refractivity contribution in [3.63, 3.8) is 0 Å². The van der Waals surface area contributed by atoms with Crippen LogP contribution < -0.4 is 5.43 Å². The number of phenolic OH excluding ortho intramolecular Hbond substituents is 3. The minimum atomic E-state index is -0.0840. The van der Waals surface area contributed by atoms with E-state index < -0.39 is 0 Å². The molecule has 7 heteroatoms. The molecule has 0 amide bonds. The molecule has 25 heavy (non-hydrogen) atoms. The van der Waals surface area contributed by atoms with Crippen molar-refractivity contribution in [2.24, 2.45) is 5.10 Å². The number of nitrogens with one attached hydrogen (secondary N) is 1. The molecule has 0 fully saturated rings. The number of hydrogen-bond acceptors (Lipinski definition) is 7. The summed E-state index contributed by atoms with van der Waals surface area (Å²) in [5.41, 5.74) is 4.44. The minimum absolute atomic E-state index is 0.0265. The number of benzene rings is 2. The SMILES string of the molecule is Cc1cc(N/N=C/c2ccc(O)cc2O)nc(-c2ccccc2O)n1. The number of anilines is 1. The first-order chi connectivity index (χ1) is 12.0. The van der Waals surface area contributed by atoms with Gasteiger partial charge in [0, 0.05) is 23.4 Å². The summed E-state index contributed by atoms with van der Waals surface area (Å²) in [6, 6.07) is 12.7. The summed E-state index contributed by atoms with van der Waals surface area (Å²) in [6.07, 6.45) is 1.41. The zero-order valence-electron chi connectivity index (χ0n) is 13.4. The molecule has 0 aliphatic heterocycles. The Bertz CT molecular complexity index is 941. The second kappa shape index (κ2) is 6.88. The van der Waals surface area contributed by atoms with Crippen LogP contribution >= 0.6 is 0 Å². The van der Waals surface area contributed by atoms with E-state index in [0.717, 1.165) is 0 Å². The summed E-state index contributed by atoms with van der Waals surface area (Å²) in [7, 11) is 0. The molecule has 0 radical (unpaired) electrons. The van der Waals surface area contributed by atoms with Gasteiger partial charge in [-0.25, -0.2) is 9.97 Å². The Morgan fingerprint density at radius 1 is 0.960 bits per heavy atom. The Balaban J connectivity index is 1.84. The molecular weight excluding hydrogens is 320 g/mol. The van der Waals surface area contributed by atoms with Gasteiger partial charge in [-0.15, -0.1) is 0 Å². The van der Waals surface area contributed by atoms with Gasteiger partial charge in [-0.1, -0.05) is 12.1 Å². The molecule has 126 valence electrons. The molecule has 7 nitrogen and oxygen atoms in total. The van der Waals surface area contributed by atoms with E-state index in [2.05, 4.69) is 20.5 Å². The van der Waals surface area contributed by atoms with Gasteiger partial charge in [0.25, 0.3) is 0 Å². The number of aryl methyl sites for hydroxylation is 1. The molecular formula is C18H16N4O3. The van der Waals surface area contributed by atoms with Crippen molar-refractivity contribution in [3.05, 3.63) is 59.8 Å². The lowest BCUT2D eigenvalue weighted by molar-refractivity contribution is 0.450. The van der Waals surface area contributed by atoms with Crippen molar-refractivity contribution in [1.82, 2.24) is 9.97 Å². The third-order valence-corrected chi connectivity index (χ3v) is 3.40. The topological polar surface area (TPSA) is 111 Å². The van der Waals surface area contributed by atoms with E-state index in [1.54, 1.807) is 30.3 Å². The van der Waals surface area contributed by atoms with Crippen molar-refractivity contribution in [1.29, 1.82) is 0 Å². The number of para-hydroxylation sites is 1. The molecule has 0 saturated carbocycles. The standard InChI is InChI=1S/C18H16N4O3/c1-11-8-17(21-18(20-11)14-4-2-3-5-15(14)24)22-19-10-12-6-7-13(23)9-16(12)25/h2-10,23-25H,1H3,(H,20,21,22)/b19-10+. The van der Waals surface area contributed by atoms with Crippen LogP contribution in [0.3, 0.4) is 0 Å². The van der Waals surface area contributed by atoms with Crippen LogP contribution in [-0.2, 0) is 0 Å². The van der Waals surface area contributed by atoms with Crippen LogP contribution in [0.1, 0.15) is 11.3 Å². The molecule has 3 aromatic rings. The maximum absolute atomic E-state index is 9.95. The zero-order valence-corrected chi connectivity index (χ0v) is 13.4. The first kappa shape index (κ1) is 16.3. The van der Waals surface area contributed by atoms with Gasteiger partial charge < -0.3 is 15.3 Å². The normalized spacial score (nSPS) is 10.9. The fourth-order valence-corrected chi connectivity index (χ4v) is 2.22. The fourth-order valence-electron chi connectivity index (χ4n) is 2.22. The Morgan fingerprint density at radius 2 is 1.76 bits per heavy atom. The minimum Gasteiger partial charge on any atom is -0.508 e. The average Bonchev–Trinajstić information content (AvgIpc) is 2.57. The van der Waals surface area contributed by atoms with Crippen molar-refractivity contribution < 1.29 is 15.3 Å². The summed E-state index contributed by atoms with van der Waals surface area (Å²) in [5.74, 6) is 0.806. The van der Waals surface area contributed by atoms with Crippen molar-refractivity contribution in [3.8, 4) is 28.6 Å². The number of nitrogens with zero attached hydrogens (tertiary/aromatic N) is 3. The van der Waals surface area contributed by atoms with Gasteiger partial charge >= 0.3 is 0 Å². The van der Waals surface area contributed by atoms with E-state index in [1.807, 2.05) is 6.92 Å². The molecule has 0 bridgehead atoms.